The average molecular weight is 182 g/mol. The first-order chi connectivity index (χ1) is 6.11. The molecule has 0 amide bonds. The molecule has 0 spiro atoms. The number of aliphatic hydroxyl groups is 1. The molecule has 2 nitrogen and oxygen atoms in total. The van der Waals surface area contributed by atoms with Crippen molar-refractivity contribution in [3.63, 3.8) is 0 Å². The summed E-state index contributed by atoms with van der Waals surface area (Å²) in [7, 11) is 0. The van der Waals surface area contributed by atoms with Crippen molar-refractivity contribution in [2.45, 2.75) is 26.7 Å². The Morgan fingerprint density at radius 2 is 2.15 bits per heavy atom. The van der Waals surface area contributed by atoms with E-state index in [9.17, 15) is 9.90 Å². The largest absolute Gasteiger partial charge is 0.396 e. The smallest absolute Gasteiger partial charge is 0.123 e. The second-order valence-corrected chi connectivity index (χ2v) is 5.24. The summed E-state index contributed by atoms with van der Waals surface area (Å²) in [4.78, 5) is 10.8. The molecule has 0 aromatic carbocycles. The summed E-state index contributed by atoms with van der Waals surface area (Å²) in [5.41, 5.74) is 0.368. The number of carbonyl (C=O) groups is 1. The number of hydrogen-bond acceptors (Lipinski definition) is 2. The molecule has 0 aromatic heterocycles. The minimum atomic E-state index is 0.127. The molecule has 0 heterocycles. The summed E-state index contributed by atoms with van der Waals surface area (Å²) in [5.74, 6) is 1.65. The van der Waals surface area contributed by atoms with Crippen LogP contribution in [0.5, 0.6) is 0 Å². The highest BCUT2D eigenvalue weighted by molar-refractivity contribution is 5.55. The van der Waals surface area contributed by atoms with Crippen LogP contribution in [0.3, 0.4) is 0 Å². The first-order valence-electron chi connectivity index (χ1n) is 5.17. The fourth-order valence-corrected chi connectivity index (χ4v) is 3.40. The van der Waals surface area contributed by atoms with Crippen molar-refractivity contribution in [3.8, 4) is 0 Å². The lowest BCUT2D eigenvalue weighted by atomic mass is 9.43. The molecule has 0 saturated heterocycles. The molecule has 0 radical (unpaired) electrons. The van der Waals surface area contributed by atoms with Crippen LogP contribution in [-0.2, 0) is 4.79 Å². The third kappa shape index (κ3) is 1.08. The highest BCUT2D eigenvalue weighted by atomic mass is 16.3. The van der Waals surface area contributed by atoms with E-state index in [4.69, 9.17) is 0 Å². The third-order valence-corrected chi connectivity index (χ3v) is 4.56. The standard InChI is InChI=1S/C11H18O2/c1-11(2)8-3-7(5-12)9(6-13)10(11)4-8/h5,7-10,13H,3-4,6H2,1-2H3/t7-,8+,9+,10+/m0/s1. The van der Waals surface area contributed by atoms with Gasteiger partial charge in [-0.1, -0.05) is 13.8 Å². The van der Waals surface area contributed by atoms with E-state index < -0.39 is 0 Å². The van der Waals surface area contributed by atoms with E-state index in [1.165, 1.54) is 6.42 Å². The van der Waals surface area contributed by atoms with Crippen molar-refractivity contribution >= 4 is 6.29 Å². The van der Waals surface area contributed by atoms with Crippen LogP contribution in [0.1, 0.15) is 26.7 Å². The fraction of sp³-hybridized carbons (Fsp3) is 0.909. The number of hydrogen-bond donors (Lipinski definition) is 1. The molecule has 1 N–H and O–H groups in total. The molecule has 4 atom stereocenters. The minimum Gasteiger partial charge on any atom is -0.396 e. The van der Waals surface area contributed by atoms with E-state index in [-0.39, 0.29) is 18.4 Å². The Bertz CT molecular complexity index is 222. The van der Waals surface area contributed by atoms with Gasteiger partial charge in [-0.25, -0.2) is 0 Å². The van der Waals surface area contributed by atoms with Crippen LogP contribution in [0.4, 0.5) is 0 Å². The molecule has 3 aliphatic rings. The molecule has 74 valence electrons. The fourth-order valence-electron chi connectivity index (χ4n) is 3.40. The van der Waals surface area contributed by atoms with Crippen molar-refractivity contribution in [2.24, 2.45) is 29.1 Å². The molecule has 3 rings (SSSR count). The Kier molecular flexibility index (Phi) is 1.99. The lowest BCUT2D eigenvalue weighted by Gasteiger charge is -2.61. The lowest BCUT2D eigenvalue weighted by Crippen LogP contribution is -2.56. The predicted molar refractivity (Wildman–Crippen MR) is 50.1 cm³/mol. The van der Waals surface area contributed by atoms with Gasteiger partial charge in [0.15, 0.2) is 0 Å². The quantitative estimate of drug-likeness (QED) is 0.657. The number of rotatable bonds is 2. The third-order valence-electron chi connectivity index (χ3n) is 4.56. The molecule has 0 unspecified atom stereocenters. The summed E-state index contributed by atoms with van der Waals surface area (Å²) >= 11 is 0. The molecule has 13 heavy (non-hydrogen) atoms. The summed E-state index contributed by atoms with van der Waals surface area (Å²) in [6, 6.07) is 0. The Morgan fingerprint density at radius 3 is 2.62 bits per heavy atom. The van der Waals surface area contributed by atoms with E-state index in [1.807, 2.05) is 0 Å². The first kappa shape index (κ1) is 9.20. The van der Waals surface area contributed by atoms with Crippen molar-refractivity contribution in [3.05, 3.63) is 0 Å². The lowest BCUT2D eigenvalue weighted by molar-refractivity contribution is -0.153. The summed E-state index contributed by atoms with van der Waals surface area (Å²) in [6.07, 6.45) is 3.27. The second kappa shape index (κ2) is 2.81. The zero-order valence-corrected chi connectivity index (χ0v) is 8.36. The van der Waals surface area contributed by atoms with Crippen LogP contribution in [0, 0.1) is 29.1 Å². The van der Waals surface area contributed by atoms with Gasteiger partial charge in [0, 0.05) is 12.5 Å². The molecule has 3 aliphatic carbocycles. The first-order valence-corrected chi connectivity index (χ1v) is 5.17. The van der Waals surface area contributed by atoms with Gasteiger partial charge in [-0.05, 0) is 36.0 Å². The van der Waals surface area contributed by atoms with Gasteiger partial charge in [0.05, 0.1) is 0 Å². The zero-order valence-electron chi connectivity index (χ0n) is 8.36. The van der Waals surface area contributed by atoms with Gasteiger partial charge >= 0.3 is 0 Å². The van der Waals surface area contributed by atoms with Gasteiger partial charge in [0.25, 0.3) is 0 Å². The molecular formula is C11H18O2. The van der Waals surface area contributed by atoms with Crippen molar-refractivity contribution < 1.29 is 9.90 Å². The zero-order chi connectivity index (χ0) is 9.64. The topological polar surface area (TPSA) is 37.3 Å². The summed E-state index contributed by atoms with van der Waals surface area (Å²) in [6.45, 7) is 4.73. The number of aliphatic hydroxyl groups excluding tert-OH is 1. The number of aldehydes is 1. The van der Waals surface area contributed by atoms with Crippen LogP contribution in [0.2, 0.25) is 0 Å². The van der Waals surface area contributed by atoms with E-state index in [2.05, 4.69) is 13.8 Å². The van der Waals surface area contributed by atoms with Crippen molar-refractivity contribution in [2.75, 3.05) is 6.61 Å². The van der Waals surface area contributed by atoms with Gasteiger partial charge in [-0.2, -0.15) is 0 Å². The van der Waals surface area contributed by atoms with Gasteiger partial charge in [-0.15, -0.1) is 0 Å². The van der Waals surface area contributed by atoms with Crippen molar-refractivity contribution in [1.82, 2.24) is 0 Å². The van der Waals surface area contributed by atoms with Crippen LogP contribution in [-0.4, -0.2) is 18.0 Å². The SMILES string of the molecule is CC1(C)[C@@H]2C[C@@H](C=O)[C@@H](CO)[C@H]1C2. The predicted octanol–water partition coefficient (Wildman–Crippen LogP) is 1.48. The maximum absolute atomic E-state index is 10.8. The van der Waals surface area contributed by atoms with E-state index >= 15 is 0 Å². The molecule has 3 saturated carbocycles. The van der Waals surface area contributed by atoms with Crippen molar-refractivity contribution in [1.29, 1.82) is 0 Å². The van der Waals surface area contributed by atoms with E-state index in [0.717, 1.165) is 18.6 Å². The Morgan fingerprint density at radius 1 is 1.46 bits per heavy atom. The van der Waals surface area contributed by atoms with Crippen LogP contribution >= 0.6 is 0 Å². The van der Waals surface area contributed by atoms with Crippen LogP contribution in [0.25, 0.3) is 0 Å². The molecule has 2 bridgehead atoms. The van der Waals surface area contributed by atoms with Gasteiger partial charge < -0.3 is 9.90 Å². The normalized spacial score (nSPS) is 46.7. The van der Waals surface area contributed by atoms with Gasteiger partial charge in [0.1, 0.15) is 6.29 Å². The molecule has 2 heteroatoms. The number of carbonyl (C=O) groups excluding carboxylic acids is 1. The Labute approximate surface area is 79.3 Å². The molecule has 3 fully saturated rings. The van der Waals surface area contributed by atoms with E-state index in [1.54, 1.807) is 0 Å². The minimum absolute atomic E-state index is 0.127. The molecular weight excluding hydrogens is 164 g/mol. The highest BCUT2D eigenvalue weighted by Crippen LogP contribution is 2.62. The van der Waals surface area contributed by atoms with Gasteiger partial charge in [-0.3, -0.25) is 0 Å². The monoisotopic (exact) mass is 182 g/mol. The average Bonchev–Trinajstić information content (AvgIpc) is 2.16. The van der Waals surface area contributed by atoms with Gasteiger partial charge in [0.2, 0.25) is 0 Å². The molecule has 0 aliphatic heterocycles. The summed E-state index contributed by atoms with van der Waals surface area (Å²) in [5, 5.41) is 9.26. The summed E-state index contributed by atoms with van der Waals surface area (Å²) < 4.78 is 0. The van der Waals surface area contributed by atoms with Crippen LogP contribution in [0.15, 0.2) is 0 Å². The Hall–Kier alpha value is -0.370. The van der Waals surface area contributed by atoms with Crippen LogP contribution < -0.4 is 0 Å². The number of fused-ring (bicyclic) bond motifs is 2. The maximum atomic E-state index is 10.8. The van der Waals surface area contributed by atoms with E-state index in [0.29, 0.717) is 11.3 Å². The Balaban J connectivity index is 2.17. The molecule has 0 aromatic rings. The highest BCUT2D eigenvalue weighted by Gasteiger charge is 2.57. The maximum Gasteiger partial charge on any atom is 0.123 e. The second-order valence-electron chi connectivity index (χ2n) is 5.24.